The molecule has 3 heterocycles. The fourth-order valence-electron chi connectivity index (χ4n) is 4.02. The van der Waals surface area contributed by atoms with Crippen LogP contribution in [0.2, 0.25) is 0 Å². The molecule has 2 aromatic carbocycles. The number of para-hydroxylation sites is 1. The minimum absolute atomic E-state index is 0.160. The SMILES string of the molecule is CCOC(=O)Cn1c(=O)c2c(nc3n(-c4ccccc4)c(-c4ccccc4)cn23)n(C)c1=O. The summed E-state index contributed by atoms with van der Waals surface area (Å²) in [6.45, 7) is 1.36. The molecule has 0 aliphatic heterocycles. The molecule has 166 valence electrons. The number of aryl methyl sites for hydroxylation is 1. The number of rotatable bonds is 5. The lowest BCUT2D eigenvalue weighted by Crippen LogP contribution is -2.41. The van der Waals surface area contributed by atoms with Crippen LogP contribution in [0.3, 0.4) is 0 Å². The quantitative estimate of drug-likeness (QED) is 0.389. The first-order valence-electron chi connectivity index (χ1n) is 10.5. The van der Waals surface area contributed by atoms with E-state index in [-0.39, 0.29) is 17.8 Å². The number of carbonyl (C=O) groups is 1. The minimum Gasteiger partial charge on any atom is -0.465 e. The lowest BCUT2D eigenvalue weighted by molar-refractivity contribution is -0.143. The van der Waals surface area contributed by atoms with E-state index in [2.05, 4.69) is 4.98 Å². The largest absolute Gasteiger partial charge is 0.465 e. The Hall–Kier alpha value is -4.40. The van der Waals surface area contributed by atoms with Gasteiger partial charge in [-0.15, -0.1) is 0 Å². The van der Waals surface area contributed by atoms with Gasteiger partial charge in [0.05, 0.1) is 12.3 Å². The third-order valence-corrected chi connectivity index (χ3v) is 5.53. The molecule has 0 atom stereocenters. The van der Waals surface area contributed by atoms with Gasteiger partial charge < -0.3 is 4.74 Å². The number of benzene rings is 2. The van der Waals surface area contributed by atoms with Gasteiger partial charge in [-0.3, -0.25) is 23.1 Å². The van der Waals surface area contributed by atoms with Crippen LogP contribution in [0.15, 0.2) is 76.4 Å². The summed E-state index contributed by atoms with van der Waals surface area (Å²) in [6, 6.07) is 19.4. The molecule has 3 aromatic heterocycles. The molecular formula is C24H21N5O4. The Morgan fingerprint density at radius 3 is 2.33 bits per heavy atom. The second kappa shape index (κ2) is 7.94. The number of imidazole rings is 2. The van der Waals surface area contributed by atoms with Crippen molar-refractivity contribution in [3.8, 4) is 16.9 Å². The van der Waals surface area contributed by atoms with Crippen molar-refractivity contribution in [2.75, 3.05) is 6.61 Å². The van der Waals surface area contributed by atoms with Crippen LogP contribution >= 0.6 is 0 Å². The molecule has 9 heteroatoms. The third-order valence-electron chi connectivity index (χ3n) is 5.53. The standard InChI is InChI=1S/C24H21N5O4/c1-3-33-19(30)15-28-22(31)20-21(26(2)24(28)32)25-23-27(20)14-18(16-10-6-4-7-11-16)29(23)17-12-8-5-9-13-17/h4-14H,3,15H2,1-2H3. The van der Waals surface area contributed by atoms with E-state index in [1.807, 2.05) is 71.4 Å². The fourth-order valence-corrected chi connectivity index (χ4v) is 4.02. The summed E-state index contributed by atoms with van der Waals surface area (Å²) in [5, 5.41) is 0. The molecule has 9 nitrogen and oxygen atoms in total. The highest BCUT2D eigenvalue weighted by atomic mass is 16.5. The maximum Gasteiger partial charge on any atom is 0.333 e. The average Bonchev–Trinajstić information content (AvgIpc) is 3.38. The zero-order valence-corrected chi connectivity index (χ0v) is 18.1. The van der Waals surface area contributed by atoms with Crippen molar-refractivity contribution < 1.29 is 9.53 Å². The van der Waals surface area contributed by atoms with Crippen LogP contribution in [0.5, 0.6) is 0 Å². The molecule has 0 aliphatic carbocycles. The summed E-state index contributed by atoms with van der Waals surface area (Å²) in [6.07, 6.45) is 1.83. The van der Waals surface area contributed by atoms with E-state index in [0.29, 0.717) is 5.78 Å². The highest BCUT2D eigenvalue weighted by Gasteiger charge is 2.23. The number of ether oxygens (including phenoxy) is 1. The van der Waals surface area contributed by atoms with E-state index < -0.39 is 23.8 Å². The van der Waals surface area contributed by atoms with Gasteiger partial charge in [0.1, 0.15) is 6.54 Å². The van der Waals surface area contributed by atoms with Crippen LogP contribution in [0.4, 0.5) is 0 Å². The minimum atomic E-state index is -0.649. The molecule has 0 spiro atoms. The van der Waals surface area contributed by atoms with Crippen molar-refractivity contribution in [3.63, 3.8) is 0 Å². The van der Waals surface area contributed by atoms with Crippen molar-refractivity contribution in [3.05, 3.63) is 87.7 Å². The molecule has 0 fully saturated rings. The second-order valence-electron chi connectivity index (χ2n) is 7.54. The lowest BCUT2D eigenvalue weighted by Gasteiger charge is -2.09. The van der Waals surface area contributed by atoms with Crippen LogP contribution in [-0.4, -0.2) is 35.7 Å². The highest BCUT2D eigenvalue weighted by molar-refractivity contribution is 5.80. The van der Waals surface area contributed by atoms with Crippen molar-refractivity contribution >= 4 is 22.9 Å². The van der Waals surface area contributed by atoms with Crippen LogP contribution < -0.4 is 11.2 Å². The molecular weight excluding hydrogens is 422 g/mol. The summed E-state index contributed by atoms with van der Waals surface area (Å²) in [5.74, 6) is -0.167. The van der Waals surface area contributed by atoms with E-state index >= 15 is 0 Å². The topological polar surface area (TPSA) is 92.5 Å². The van der Waals surface area contributed by atoms with Crippen LogP contribution in [0.25, 0.3) is 33.9 Å². The number of hydrogen-bond donors (Lipinski definition) is 0. The van der Waals surface area contributed by atoms with Gasteiger partial charge in [-0.2, -0.15) is 4.98 Å². The average molecular weight is 443 g/mol. The van der Waals surface area contributed by atoms with Crippen molar-refractivity contribution in [1.82, 2.24) is 23.1 Å². The molecule has 0 unspecified atom stereocenters. The van der Waals surface area contributed by atoms with Gasteiger partial charge in [0.25, 0.3) is 5.56 Å². The molecule has 0 saturated heterocycles. The molecule has 5 aromatic rings. The van der Waals surface area contributed by atoms with E-state index in [9.17, 15) is 14.4 Å². The lowest BCUT2D eigenvalue weighted by atomic mass is 10.1. The number of fused-ring (bicyclic) bond motifs is 3. The van der Waals surface area contributed by atoms with Gasteiger partial charge in [-0.25, -0.2) is 9.36 Å². The number of nitrogens with zero attached hydrogens (tertiary/aromatic N) is 5. The Morgan fingerprint density at radius 1 is 1.00 bits per heavy atom. The normalized spacial score (nSPS) is 11.3. The van der Waals surface area contributed by atoms with Gasteiger partial charge in [0.2, 0.25) is 5.78 Å². The zero-order valence-electron chi connectivity index (χ0n) is 18.1. The van der Waals surface area contributed by atoms with Gasteiger partial charge in [0.15, 0.2) is 11.2 Å². The number of aromatic nitrogens is 5. The Bertz CT molecular complexity index is 1610. The Labute approximate surface area is 187 Å². The fraction of sp³-hybridized carbons (Fsp3) is 0.167. The molecule has 0 bridgehead atoms. The third kappa shape index (κ3) is 3.25. The molecule has 0 saturated carbocycles. The Balaban J connectivity index is 1.86. The predicted octanol–water partition coefficient (Wildman–Crippen LogP) is 2.37. The molecule has 0 amide bonds. The molecule has 5 rings (SSSR count). The van der Waals surface area contributed by atoms with Crippen LogP contribution in [0, 0.1) is 0 Å². The Kier molecular flexibility index (Phi) is 4.93. The summed E-state index contributed by atoms with van der Waals surface area (Å²) >= 11 is 0. The van der Waals surface area contributed by atoms with Crippen molar-refractivity contribution in [1.29, 1.82) is 0 Å². The molecule has 0 radical (unpaired) electrons. The van der Waals surface area contributed by atoms with Gasteiger partial charge in [0, 0.05) is 24.5 Å². The molecule has 0 aliphatic rings. The summed E-state index contributed by atoms with van der Waals surface area (Å²) in [4.78, 5) is 42.9. The maximum absolute atomic E-state index is 13.4. The summed E-state index contributed by atoms with van der Waals surface area (Å²) < 4.78 is 10.7. The number of esters is 1. The van der Waals surface area contributed by atoms with E-state index in [0.717, 1.165) is 21.5 Å². The van der Waals surface area contributed by atoms with Gasteiger partial charge >= 0.3 is 11.7 Å². The predicted molar refractivity (Wildman–Crippen MR) is 124 cm³/mol. The first-order chi connectivity index (χ1) is 16.0. The van der Waals surface area contributed by atoms with Crippen LogP contribution in [0.1, 0.15) is 6.92 Å². The van der Waals surface area contributed by atoms with E-state index in [1.54, 1.807) is 11.3 Å². The smallest absolute Gasteiger partial charge is 0.333 e. The maximum atomic E-state index is 13.4. The summed E-state index contributed by atoms with van der Waals surface area (Å²) in [5.41, 5.74) is 1.86. The first-order valence-corrected chi connectivity index (χ1v) is 10.5. The second-order valence-corrected chi connectivity index (χ2v) is 7.54. The van der Waals surface area contributed by atoms with Crippen molar-refractivity contribution in [2.45, 2.75) is 13.5 Å². The van der Waals surface area contributed by atoms with Crippen molar-refractivity contribution in [2.24, 2.45) is 7.05 Å². The first kappa shape index (κ1) is 20.5. The number of hydrogen-bond acceptors (Lipinski definition) is 5. The zero-order chi connectivity index (χ0) is 23.1. The molecule has 33 heavy (non-hydrogen) atoms. The van der Waals surface area contributed by atoms with Crippen LogP contribution in [-0.2, 0) is 23.1 Å². The van der Waals surface area contributed by atoms with E-state index in [4.69, 9.17) is 4.74 Å². The van der Waals surface area contributed by atoms with E-state index in [1.165, 1.54) is 11.6 Å². The highest BCUT2D eigenvalue weighted by Crippen LogP contribution is 2.28. The monoisotopic (exact) mass is 443 g/mol. The number of carbonyl (C=O) groups excluding carboxylic acids is 1. The Morgan fingerprint density at radius 2 is 1.67 bits per heavy atom. The molecule has 0 N–H and O–H groups in total. The van der Waals surface area contributed by atoms with Gasteiger partial charge in [-0.1, -0.05) is 48.5 Å². The summed E-state index contributed by atoms with van der Waals surface area (Å²) in [7, 11) is 1.53. The van der Waals surface area contributed by atoms with Gasteiger partial charge in [-0.05, 0) is 19.1 Å².